The normalized spacial score (nSPS) is 15.7. The van der Waals surface area contributed by atoms with Crippen LogP contribution in [0.25, 0.3) is 0 Å². The maximum Gasteiger partial charge on any atom is 0.251 e. The van der Waals surface area contributed by atoms with Crippen molar-refractivity contribution in [3.05, 3.63) is 57.8 Å². The van der Waals surface area contributed by atoms with Gasteiger partial charge in [0.05, 0.1) is 6.04 Å². The van der Waals surface area contributed by atoms with E-state index in [1.54, 1.807) is 11.3 Å². The molecule has 1 aromatic carbocycles. The Kier molecular flexibility index (Phi) is 4.76. The minimum absolute atomic E-state index is 0.00407. The highest BCUT2D eigenvalue weighted by Gasteiger charge is 2.20. The summed E-state index contributed by atoms with van der Waals surface area (Å²) in [5, 5.41) is 5.01. The molecule has 4 nitrogen and oxygen atoms in total. The molecule has 1 saturated heterocycles. The SMILES string of the molecule is CC(NC(=O)c1ccc(CN2CCCC2=O)cc1)c1cccs1. The van der Waals surface area contributed by atoms with E-state index in [1.165, 1.54) is 0 Å². The fraction of sp³-hybridized carbons (Fsp3) is 0.333. The Morgan fingerprint density at radius 2 is 2.09 bits per heavy atom. The number of carbonyl (C=O) groups is 2. The van der Waals surface area contributed by atoms with E-state index >= 15 is 0 Å². The van der Waals surface area contributed by atoms with Crippen LogP contribution in [0.1, 0.15) is 46.6 Å². The molecule has 1 aromatic heterocycles. The minimum atomic E-state index is -0.0744. The van der Waals surface area contributed by atoms with E-state index < -0.39 is 0 Å². The van der Waals surface area contributed by atoms with E-state index in [0.29, 0.717) is 18.5 Å². The fourth-order valence-corrected chi connectivity index (χ4v) is 3.48. The van der Waals surface area contributed by atoms with Gasteiger partial charge in [0, 0.05) is 30.0 Å². The van der Waals surface area contributed by atoms with Gasteiger partial charge >= 0.3 is 0 Å². The van der Waals surface area contributed by atoms with E-state index in [1.807, 2.05) is 53.6 Å². The van der Waals surface area contributed by atoms with Crippen molar-refractivity contribution in [3.8, 4) is 0 Å². The van der Waals surface area contributed by atoms with Crippen LogP contribution >= 0.6 is 11.3 Å². The molecular formula is C18H20N2O2S. The molecule has 0 aliphatic carbocycles. The van der Waals surface area contributed by atoms with Crippen molar-refractivity contribution in [2.75, 3.05) is 6.54 Å². The summed E-state index contributed by atoms with van der Waals surface area (Å²) in [7, 11) is 0. The number of hydrogen-bond donors (Lipinski definition) is 1. The van der Waals surface area contributed by atoms with Crippen molar-refractivity contribution in [3.63, 3.8) is 0 Å². The Labute approximate surface area is 140 Å². The number of likely N-dealkylation sites (tertiary alicyclic amines) is 1. The molecule has 3 rings (SSSR count). The van der Waals surface area contributed by atoms with Crippen LogP contribution in [-0.4, -0.2) is 23.3 Å². The van der Waals surface area contributed by atoms with Crippen LogP contribution < -0.4 is 5.32 Å². The van der Waals surface area contributed by atoms with Crippen LogP contribution in [0.3, 0.4) is 0 Å². The summed E-state index contributed by atoms with van der Waals surface area (Å²) >= 11 is 1.64. The number of carbonyl (C=O) groups excluding carboxylic acids is 2. The lowest BCUT2D eigenvalue weighted by Gasteiger charge is -2.16. The number of amides is 2. The van der Waals surface area contributed by atoms with Crippen LogP contribution in [0, 0.1) is 0 Å². The molecule has 2 aromatic rings. The molecular weight excluding hydrogens is 308 g/mol. The Morgan fingerprint density at radius 1 is 1.30 bits per heavy atom. The van der Waals surface area contributed by atoms with Crippen LogP contribution in [0.5, 0.6) is 0 Å². The first-order valence-corrected chi connectivity index (χ1v) is 8.72. The molecule has 1 aliphatic rings. The summed E-state index contributed by atoms with van der Waals surface area (Å²) in [6.07, 6.45) is 1.60. The lowest BCUT2D eigenvalue weighted by Crippen LogP contribution is -2.26. The number of thiophene rings is 1. The number of rotatable bonds is 5. The predicted octanol–water partition coefficient (Wildman–Crippen LogP) is 3.36. The largest absolute Gasteiger partial charge is 0.345 e. The molecule has 1 N–H and O–H groups in total. The first-order valence-electron chi connectivity index (χ1n) is 7.84. The smallest absolute Gasteiger partial charge is 0.251 e. The van der Waals surface area contributed by atoms with E-state index in [4.69, 9.17) is 0 Å². The van der Waals surface area contributed by atoms with Crippen molar-refractivity contribution in [1.82, 2.24) is 10.2 Å². The van der Waals surface area contributed by atoms with E-state index in [-0.39, 0.29) is 17.9 Å². The fourth-order valence-electron chi connectivity index (χ4n) is 2.74. The maximum atomic E-state index is 12.3. The molecule has 5 heteroatoms. The van der Waals surface area contributed by atoms with E-state index in [0.717, 1.165) is 23.4 Å². The molecule has 1 fully saturated rings. The first-order chi connectivity index (χ1) is 11.1. The van der Waals surface area contributed by atoms with Gasteiger partial charge in [0.15, 0.2) is 0 Å². The average molecular weight is 328 g/mol. The van der Waals surface area contributed by atoms with E-state index in [2.05, 4.69) is 5.32 Å². The summed E-state index contributed by atoms with van der Waals surface area (Å²) in [6.45, 7) is 3.45. The highest BCUT2D eigenvalue weighted by molar-refractivity contribution is 7.10. The topological polar surface area (TPSA) is 49.4 Å². The summed E-state index contributed by atoms with van der Waals surface area (Å²) in [5.41, 5.74) is 1.70. The van der Waals surface area contributed by atoms with Gasteiger partial charge in [-0.3, -0.25) is 9.59 Å². The third-order valence-corrected chi connectivity index (χ3v) is 5.13. The van der Waals surface area contributed by atoms with Crippen LogP contribution in [-0.2, 0) is 11.3 Å². The molecule has 2 amide bonds. The summed E-state index contributed by atoms with van der Waals surface area (Å²) < 4.78 is 0. The molecule has 0 radical (unpaired) electrons. The van der Waals surface area contributed by atoms with Gasteiger partial charge in [0.25, 0.3) is 5.91 Å². The molecule has 0 spiro atoms. The Hall–Kier alpha value is -2.14. The van der Waals surface area contributed by atoms with Crippen molar-refractivity contribution >= 4 is 23.2 Å². The van der Waals surface area contributed by atoms with Crippen LogP contribution in [0.4, 0.5) is 0 Å². The molecule has 23 heavy (non-hydrogen) atoms. The average Bonchev–Trinajstić information content (AvgIpc) is 3.20. The zero-order chi connectivity index (χ0) is 16.2. The second-order valence-corrected chi connectivity index (χ2v) is 6.81. The number of nitrogens with one attached hydrogen (secondary N) is 1. The predicted molar refractivity (Wildman–Crippen MR) is 91.3 cm³/mol. The highest BCUT2D eigenvalue weighted by atomic mass is 32.1. The molecule has 0 bridgehead atoms. The highest BCUT2D eigenvalue weighted by Crippen LogP contribution is 2.19. The summed E-state index contributed by atoms with van der Waals surface area (Å²) in [5.74, 6) is 0.145. The van der Waals surface area contributed by atoms with Gasteiger partial charge in [-0.2, -0.15) is 0 Å². The molecule has 1 unspecified atom stereocenters. The summed E-state index contributed by atoms with van der Waals surface area (Å²) in [4.78, 5) is 26.9. The Morgan fingerprint density at radius 3 is 2.70 bits per heavy atom. The third kappa shape index (κ3) is 3.79. The van der Waals surface area contributed by atoms with Gasteiger partial charge in [-0.15, -0.1) is 11.3 Å². The lowest BCUT2D eigenvalue weighted by molar-refractivity contribution is -0.128. The molecule has 2 heterocycles. The summed E-state index contributed by atoms with van der Waals surface area (Å²) in [6, 6.07) is 11.5. The molecule has 1 aliphatic heterocycles. The number of benzene rings is 1. The van der Waals surface area contributed by atoms with Gasteiger partial charge in [0.2, 0.25) is 5.91 Å². The van der Waals surface area contributed by atoms with Crippen LogP contribution in [0.15, 0.2) is 41.8 Å². The second-order valence-electron chi connectivity index (χ2n) is 5.83. The van der Waals surface area contributed by atoms with Gasteiger partial charge in [-0.25, -0.2) is 0 Å². The standard InChI is InChI=1S/C18H20N2O2S/c1-13(16-4-3-11-23-16)19-18(22)15-8-6-14(7-9-15)12-20-10-2-5-17(20)21/h3-4,6-9,11,13H,2,5,10,12H2,1H3,(H,19,22). The molecule has 0 saturated carbocycles. The van der Waals surface area contributed by atoms with Gasteiger partial charge in [-0.1, -0.05) is 18.2 Å². The van der Waals surface area contributed by atoms with Crippen molar-refractivity contribution < 1.29 is 9.59 Å². The molecule has 120 valence electrons. The number of hydrogen-bond acceptors (Lipinski definition) is 3. The Balaban J connectivity index is 1.60. The van der Waals surface area contributed by atoms with Gasteiger partial charge in [0.1, 0.15) is 0 Å². The van der Waals surface area contributed by atoms with Crippen LogP contribution in [0.2, 0.25) is 0 Å². The number of nitrogens with zero attached hydrogens (tertiary/aromatic N) is 1. The zero-order valence-electron chi connectivity index (χ0n) is 13.1. The van der Waals surface area contributed by atoms with Crippen molar-refractivity contribution in [1.29, 1.82) is 0 Å². The molecule has 1 atom stereocenters. The monoisotopic (exact) mass is 328 g/mol. The minimum Gasteiger partial charge on any atom is -0.345 e. The van der Waals surface area contributed by atoms with E-state index in [9.17, 15) is 9.59 Å². The maximum absolute atomic E-state index is 12.3. The van der Waals surface area contributed by atoms with Crippen molar-refractivity contribution in [2.24, 2.45) is 0 Å². The Bertz CT molecular complexity index is 680. The van der Waals surface area contributed by atoms with Gasteiger partial charge in [-0.05, 0) is 42.5 Å². The first kappa shape index (κ1) is 15.7. The van der Waals surface area contributed by atoms with Gasteiger partial charge < -0.3 is 10.2 Å². The third-order valence-electron chi connectivity index (χ3n) is 4.08. The zero-order valence-corrected chi connectivity index (χ0v) is 13.9. The quantitative estimate of drug-likeness (QED) is 0.915. The van der Waals surface area contributed by atoms with Crippen molar-refractivity contribution in [2.45, 2.75) is 32.4 Å². The second kappa shape index (κ2) is 6.96. The lowest BCUT2D eigenvalue weighted by atomic mass is 10.1.